The molecule has 0 aliphatic heterocycles. The first-order chi connectivity index (χ1) is 6.91. The predicted molar refractivity (Wildman–Crippen MR) is 56.5 cm³/mol. The maximum atomic E-state index is 11.9. The fraction of sp³-hybridized carbons (Fsp3) is 0.818. The number of methoxy groups -OCH3 is 1. The smallest absolute Gasteiger partial charge is 0.319 e. The number of carbonyl (C=O) groups excluding carboxylic acids is 2. The summed E-state index contributed by atoms with van der Waals surface area (Å²) in [7, 11) is 1.47. The van der Waals surface area contributed by atoms with Gasteiger partial charge in [-0.05, 0) is 27.2 Å². The number of esters is 1. The van der Waals surface area contributed by atoms with Gasteiger partial charge in [0, 0.05) is 7.11 Å². The maximum absolute atomic E-state index is 11.9. The summed E-state index contributed by atoms with van der Waals surface area (Å²) in [6.45, 7) is 6.96. The zero-order valence-electron chi connectivity index (χ0n) is 10.1. The van der Waals surface area contributed by atoms with E-state index in [1.165, 1.54) is 7.11 Å². The zero-order valence-corrected chi connectivity index (χ0v) is 10.1. The fourth-order valence-electron chi connectivity index (χ4n) is 1.27. The van der Waals surface area contributed by atoms with Gasteiger partial charge in [-0.25, -0.2) is 0 Å². The Morgan fingerprint density at radius 1 is 1.27 bits per heavy atom. The first kappa shape index (κ1) is 14.1. The standard InChI is InChI=1S/C11H20O4/c1-6-8(14-5)9(12)11(3,4)10(13)15-7-2/h8H,6-7H2,1-5H3. The van der Waals surface area contributed by atoms with Gasteiger partial charge in [-0.15, -0.1) is 0 Å². The van der Waals surface area contributed by atoms with E-state index in [0.717, 1.165) is 0 Å². The molecule has 0 spiro atoms. The Hall–Kier alpha value is -0.900. The van der Waals surface area contributed by atoms with Crippen LogP contribution in [-0.2, 0) is 19.1 Å². The number of hydrogen-bond donors (Lipinski definition) is 0. The maximum Gasteiger partial charge on any atom is 0.319 e. The van der Waals surface area contributed by atoms with E-state index in [0.29, 0.717) is 6.42 Å². The van der Waals surface area contributed by atoms with Crippen LogP contribution in [-0.4, -0.2) is 31.6 Å². The first-order valence-electron chi connectivity index (χ1n) is 5.16. The van der Waals surface area contributed by atoms with E-state index >= 15 is 0 Å². The van der Waals surface area contributed by atoms with E-state index < -0.39 is 17.5 Å². The van der Waals surface area contributed by atoms with Crippen LogP contribution in [0.5, 0.6) is 0 Å². The Bertz CT molecular complexity index is 229. The van der Waals surface area contributed by atoms with Crippen molar-refractivity contribution >= 4 is 11.8 Å². The van der Waals surface area contributed by atoms with Crippen molar-refractivity contribution in [2.75, 3.05) is 13.7 Å². The van der Waals surface area contributed by atoms with Crippen molar-refractivity contribution in [3.05, 3.63) is 0 Å². The van der Waals surface area contributed by atoms with E-state index in [9.17, 15) is 9.59 Å². The quantitative estimate of drug-likeness (QED) is 0.499. The number of carbonyl (C=O) groups is 2. The van der Waals surface area contributed by atoms with Gasteiger partial charge in [-0.2, -0.15) is 0 Å². The summed E-state index contributed by atoms with van der Waals surface area (Å²) in [6.07, 6.45) is 0.0162. The van der Waals surface area contributed by atoms with Crippen molar-refractivity contribution in [2.24, 2.45) is 5.41 Å². The fourth-order valence-corrected chi connectivity index (χ4v) is 1.27. The highest BCUT2D eigenvalue weighted by Crippen LogP contribution is 2.22. The second-order valence-electron chi connectivity index (χ2n) is 3.84. The second kappa shape index (κ2) is 5.85. The molecule has 0 amide bonds. The van der Waals surface area contributed by atoms with E-state index in [-0.39, 0.29) is 12.4 Å². The lowest BCUT2D eigenvalue weighted by atomic mass is 9.84. The Morgan fingerprint density at radius 2 is 1.80 bits per heavy atom. The van der Waals surface area contributed by atoms with Crippen LogP contribution in [0.4, 0.5) is 0 Å². The third kappa shape index (κ3) is 3.30. The van der Waals surface area contributed by atoms with E-state index in [2.05, 4.69) is 0 Å². The summed E-state index contributed by atoms with van der Waals surface area (Å²) in [5.41, 5.74) is -1.13. The molecule has 0 radical (unpaired) electrons. The van der Waals surface area contributed by atoms with Crippen molar-refractivity contribution in [1.82, 2.24) is 0 Å². The van der Waals surface area contributed by atoms with Crippen molar-refractivity contribution in [3.8, 4) is 0 Å². The highest BCUT2D eigenvalue weighted by molar-refractivity contribution is 6.05. The molecule has 1 unspecified atom stereocenters. The predicted octanol–water partition coefficient (Wildman–Crippen LogP) is 1.57. The van der Waals surface area contributed by atoms with E-state index in [1.807, 2.05) is 6.92 Å². The average molecular weight is 216 g/mol. The molecule has 0 heterocycles. The van der Waals surface area contributed by atoms with Crippen LogP contribution in [0.15, 0.2) is 0 Å². The van der Waals surface area contributed by atoms with E-state index in [4.69, 9.17) is 9.47 Å². The van der Waals surface area contributed by atoms with Crippen LogP contribution in [0, 0.1) is 5.41 Å². The molecule has 0 saturated carbocycles. The summed E-state index contributed by atoms with van der Waals surface area (Å²) in [6, 6.07) is 0. The molecule has 0 fully saturated rings. The molecule has 88 valence electrons. The topological polar surface area (TPSA) is 52.6 Å². The largest absolute Gasteiger partial charge is 0.465 e. The molecule has 0 aliphatic carbocycles. The highest BCUT2D eigenvalue weighted by atomic mass is 16.5. The minimum atomic E-state index is -1.13. The van der Waals surface area contributed by atoms with Gasteiger partial charge in [0.25, 0.3) is 0 Å². The van der Waals surface area contributed by atoms with Gasteiger partial charge in [-0.1, -0.05) is 6.92 Å². The molecule has 0 bridgehead atoms. The van der Waals surface area contributed by atoms with Crippen molar-refractivity contribution in [3.63, 3.8) is 0 Å². The molecule has 0 saturated heterocycles. The van der Waals surface area contributed by atoms with Crippen LogP contribution in [0.3, 0.4) is 0 Å². The third-order valence-corrected chi connectivity index (χ3v) is 2.35. The first-order valence-corrected chi connectivity index (χ1v) is 5.16. The normalized spacial score (nSPS) is 13.4. The van der Waals surface area contributed by atoms with Crippen LogP contribution in [0.1, 0.15) is 34.1 Å². The van der Waals surface area contributed by atoms with Gasteiger partial charge in [0.1, 0.15) is 11.5 Å². The number of hydrogen-bond acceptors (Lipinski definition) is 4. The van der Waals surface area contributed by atoms with Crippen LogP contribution in [0.2, 0.25) is 0 Å². The van der Waals surface area contributed by atoms with Crippen molar-refractivity contribution < 1.29 is 19.1 Å². The Morgan fingerprint density at radius 3 is 2.13 bits per heavy atom. The van der Waals surface area contributed by atoms with Gasteiger partial charge in [0.15, 0.2) is 5.78 Å². The Kier molecular flexibility index (Phi) is 5.50. The van der Waals surface area contributed by atoms with Gasteiger partial charge in [0.2, 0.25) is 0 Å². The molecular formula is C11H20O4. The third-order valence-electron chi connectivity index (χ3n) is 2.35. The SMILES string of the molecule is CCOC(=O)C(C)(C)C(=O)C(CC)OC. The molecule has 4 nitrogen and oxygen atoms in total. The molecule has 0 aromatic carbocycles. The summed E-state index contributed by atoms with van der Waals surface area (Å²) < 4.78 is 9.87. The summed E-state index contributed by atoms with van der Waals surface area (Å²) >= 11 is 0. The van der Waals surface area contributed by atoms with Crippen molar-refractivity contribution in [2.45, 2.75) is 40.2 Å². The zero-order chi connectivity index (χ0) is 12.1. The van der Waals surface area contributed by atoms with Gasteiger partial charge in [0.05, 0.1) is 6.61 Å². The molecule has 0 aromatic rings. The van der Waals surface area contributed by atoms with Gasteiger partial charge < -0.3 is 9.47 Å². The lowest BCUT2D eigenvalue weighted by molar-refractivity contribution is -0.161. The summed E-state index contributed by atoms with van der Waals surface area (Å²) in [5, 5.41) is 0. The molecule has 0 N–H and O–H groups in total. The number of rotatable bonds is 6. The average Bonchev–Trinajstić information content (AvgIpc) is 2.19. The van der Waals surface area contributed by atoms with Crippen LogP contribution in [0.25, 0.3) is 0 Å². The highest BCUT2D eigenvalue weighted by Gasteiger charge is 2.40. The summed E-state index contributed by atoms with van der Waals surface area (Å²) in [4.78, 5) is 23.5. The van der Waals surface area contributed by atoms with Gasteiger partial charge in [-0.3, -0.25) is 9.59 Å². The van der Waals surface area contributed by atoms with E-state index in [1.54, 1.807) is 20.8 Å². The lowest BCUT2D eigenvalue weighted by Gasteiger charge is -2.24. The van der Waals surface area contributed by atoms with Crippen molar-refractivity contribution in [1.29, 1.82) is 0 Å². The molecule has 4 heteroatoms. The van der Waals surface area contributed by atoms with Gasteiger partial charge >= 0.3 is 5.97 Å². The van der Waals surface area contributed by atoms with Crippen LogP contribution >= 0.6 is 0 Å². The Labute approximate surface area is 90.9 Å². The molecular weight excluding hydrogens is 196 g/mol. The molecule has 0 aromatic heterocycles. The minimum Gasteiger partial charge on any atom is -0.465 e. The minimum absolute atomic E-state index is 0.231. The second-order valence-corrected chi connectivity index (χ2v) is 3.84. The number of Topliss-reactive ketones (excluding diaryl/α,β-unsaturated/α-hetero) is 1. The summed E-state index contributed by atoms with van der Waals surface area (Å²) in [5.74, 6) is -0.726. The number of ketones is 1. The molecule has 15 heavy (non-hydrogen) atoms. The van der Waals surface area contributed by atoms with Crippen LogP contribution < -0.4 is 0 Å². The molecule has 0 aliphatic rings. The Balaban J connectivity index is 4.70. The molecule has 0 rings (SSSR count). The number of ether oxygens (including phenoxy) is 2. The molecule has 1 atom stereocenters. The lowest BCUT2D eigenvalue weighted by Crippen LogP contribution is -2.42. The monoisotopic (exact) mass is 216 g/mol.